The lowest BCUT2D eigenvalue weighted by Gasteiger charge is -2.18. The molecule has 1 heterocycles. The topological polar surface area (TPSA) is 50.1 Å². The van der Waals surface area contributed by atoms with Crippen molar-refractivity contribution in [1.29, 1.82) is 0 Å². The van der Waals surface area contributed by atoms with Crippen LogP contribution in [0.1, 0.15) is 18.5 Å². The number of nitrogens with zero attached hydrogens (tertiary/aromatic N) is 2. The Kier molecular flexibility index (Phi) is 4.65. The molecule has 4 nitrogen and oxygen atoms in total. The maximum atomic E-state index is 13.6. The molecular formula is C14H18FN3O. The lowest BCUT2D eigenvalue weighted by molar-refractivity contribution is 0.143. The van der Waals surface area contributed by atoms with E-state index >= 15 is 0 Å². The molecule has 2 rings (SSSR count). The Morgan fingerprint density at radius 1 is 1.37 bits per heavy atom. The van der Waals surface area contributed by atoms with E-state index in [1.165, 1.54) is 6.07 Å². The van der Waals surface area contributed by atoms with Gasteiger partial charge in [-0.3, -0.25) is 4.68 Å². The Morgan fingerprint density at radius 3 is 2.84 bits per heavy atom. The van der Waals surface area contributed by atoms with E-state index in [0.29, 0.717) is 18.7 Å². The molecule has 0 fully saturated rings. The van der Waals surface area contributed by atoms with Gasteiger partial charge < -0.3 is 10.4 Å². The first-order valence-corrected chi connectivity index (χ1v) is 6.30. The van der Waals surface area contributed by atoms with Crippen LogP contribution in [0.4, 0.5) is 4.39 Å². The van der Waals surface area contributed by atoms with Gasteiger partial charge in [-0.1, -0.05) is 18.2 Å². The number of halogens is 1. The van der Waals surface area contributed by atoms with Crippen molar-refractivity contribution in [2.45, 2.75) is 25.6 Å². The molecule has 0 saturated heterocycles. The molecule has 0 amide bonds. The predicted octanol–water partition coefficient (Wildman–Crippen LogP) is 1.73. The van der Waals surface area contributed by atoms with Crippen LogP contribution < -0.4 is 5.32 Å². The molecule has 0 aliphatic rings. The summed E-state index contributed by atoms with van der Waals surface area (Å²) in [5.41, 5.74) is 0.605. The highest BCUT2D eigenvalue weighted by Gasteiger charge is 2.12. The summed E-state index contributed by atoms with van der Waals surface area (Å²) >= 11 is 0. The number of aromatic nitrogens is 2. The number of nitrogens with one attached hydrogen (secondary N) is 1. The first-order valence-electron chi connectivity index (χ1n) is 6.30. The number of hydrogen-bond donors (Lipinski definition) is 2. The number of benzene rings is 1. The quantitative estimate of drug-likeness (QED) is 0.834. The van der Waals surface area contributed by atoms with Gasteiger partial charge in [-0.2, -0.15) is 5.10 Å². The van der Waals surface area contributed by atoms with Crippen LogP contribution in [0.2, 0.25) is 0 Å². The highest BCUT2D eigenvalue weighted by Crippen LogP contribution is 2.15. The van der Waals surface area contributed by atoms with Gasteiger partial charge in [0.05, 0.1) is 12.6 Å². The summed E-state index contributed by atoms with van der Waals surface area (Å²) in [5, 5.41) is 17.0. The zero-order valence-corrected chi connectivity index (χ0v) is 10.8. The van der Waals surface area contributed by atoms with Gasteiger partial charge in [0, 0.05) is 30.5 Å². The molecule has 0 aliphatic heterocycles. The van der Waals surface area contributed by atoms with Crippen molar-refractivity contribution >= 4 is 0 Å². The molecule has 0 bridgehead atoms. The average Bonchev–Trinajstić information content (AvgIpc) is 2.89. The van der Waals surface area contributed by atoms with Crippen LogP contribution in [0.5, 0.6) is 0 Å². The van der Waals surface area contributed by atoms with Crippen molar-refractivity contribution in [3.05, 3.63) is 54.1 Å². The minimum absolute atomic E-state index is 0.145. The molecule has 0 aliphatic carbocycles. The molecule has 1 aromatic heterocycles. The number of aliphatic hydroxyl groups excluding tert-OH is 1. The van der Waals surface area contributed by atoms with Crippen LogP contribution in [0.25, 0.3) is 0 Å². The summed E-state index contributed by atoms with van der Waals surface area (Å²) in [4.78, 5) is 0. The molecule has 0 saturated carbocycles. The molecule has 102 valence electrons. The first-order chi connectivity index (χ1) is 9.16. The summed E-state index contributed by atoms with van der Waals surface area (Å²) < 4.78 is 15.2. The fourth-order valence-electron chi connectivity index (χ4n) is 1.94. The third kappa shape index (κ3) is 3.87. The third-order valence-corrected chi connectivity index (χ3v) is 2.99. The van der Waals surface area contributed by atoms with Gasteiger partial charge in [0.1, 0.15) is 5.82 Å². The summed E-state index contributed by atoms with van der Waals surface area (Å²) in [6.45, 7) is 2.68. The number of hydrogen-bond acceptors (Lipinski definition) is 3. The van der Waals surface area contributed by atoms with Crippen molar-refractivity contribution in [1.82, 2.24) is 15.1 Å². The Hall–Kier alpha value is -1.72. The average molecular weight is 263 g/mol. The second-order valence-electron chi connectivity index (χ2n) is 4.53. The minimum Gasteiger partial charge on any atom is -0.390 e. The van der Waals surface area contributed by atoms with E-state index in [1.807, 2.05) is 13.0 Å². The van der Waals surface area contributed by atoms with E-state index in [1.54, 1.807) is 35.3 Å². The zero-order valence-electron chi connectivity index (χ0n) is 10.8. The number of rotatable bonds is 6. The number of aliphatic hydroxyl groups is 1. The van der Waals surface area contributed by atoms with Gasteiger partial charge in [0.15, 0.2) is 0 Å². The first kappa shape index (κ1) is 13.7. The fourth-order valence-corrected chi connectivity index (χ4v) is 1.94. The maximum Gasteiger partial charge on any atom is 0.127 e. The molecule has 19 heavy (non-hydrogen) atoms. The van der Waals surface area contributed by atoms with E-state index in [-0.39, 0.29) is 11.9 Å². The van der Waals surface area contributed by atoms with Crippen molar-refractivity contribution in [2.75, 3.05) is 6.54 Å². The molecule has 2 unspecified atom stereocenters. The molecule has 1 aromatic carbocycles. The van der Waals surface area contributed by atoms with Gasteiger partial charge in [-0.15, -0.1) is 0 Å². The Labute approximate surface area is 111 Å². The zero-order chi connectivity index (χ0) is 13.7. The largest absolute Gasteiger partial charge is 0.390 e. The van der Waals surface area contributed by atoms with Crippen LogP contribution in [0, 0.1) is 5.82 Å². The van der Waals surface area contributed by atoms with Crippen molar-refractivity contribution in [2.24, 2.45) is 0 Å². The molecular weight excluding hydrogens is 245 g/mol. The van der Waals surface area contributed by atoms with Gasteiger partial charge >= 0.3 is 0 Å². The van der Waals surface area contributed by atoms with Crippen LogP contribution >= 0.6 is 0 Å². The van der Waals surface area contributed by atoms with Crippen molar-refractivity contribution in [3.8, 4) is 0 Å². The van der Waals surface area contributed by atoms with Gasteiger partial charge in [-0.25, -0.2) is 4.39 Å². The highest BCUT2D eigenvalue weighted by atomic mass is 19.1. The summed E-state index contributed by atoms with van der Waals surface area (Å²) in [6.07, 6.45) is 2.90. The Balaban J connectivity index is 1.83. The molecule has 2 aromatic rings. The molecule has 5 heteroatoms. The molecule has 2 N–H and O–H groups in total. The standard InChI is InChI=1S/C14H18FN3O/c1-11(13-5-2-3-6-14(13)15)16-9-12(19)10-18-8-4-7-17-18/h2-8,11-12,16,19H,9-10H2,1H3. The SMILES string of the molecule is CC(NCC(O)Cn1cccn1)c1ccccc1F. The lowest BCUT2D eigenvalue weighted by Crippen LogP contribution is -2.32. The van der Waals surface area contributed by atoms with E-state index < -0.39 is 6.10 Å². The van der Waals surface area contributed by atoms with Crippen LogP contribution in [-0.2, 0) is 6.54 Å². The second-order valence-corrected chi connectivity index (χ2v) is 4.53. The Bertz CT molecular complexity index is 501. The Morgan fingerprint density at radius 2 is 2.16 bits per heavy atom. The summed E-state index contributed by atoms with van der Waals surface area (Å²) in [7, 11) is 0. The second kappa shape index (κ2) is 6.45. The van der Waals surface area contributed by atoms with Crippen molar-refractivity contribution < 1.29 is 9.50 Å². The molecule has 0 radical (unpaired) electrons. The van der Waals surface area contributed by atoms with E-state index in [4.69, 9.17) is 0 Å². The van der Waals surface area contributed by atoms with E-state index in [9.17, 15) is 9.50 Å². The smallest absolute Gasteiger partial charge is 0.127 e. The van der Waals surface area contributed by atoms with Gasteiger partial charge in [0.25, 0.3) is 0 Å². The maximum absolute atomic E-state index is 13.6. The molecule has 0 spiro atoms. The van der Waals surface area contributed by atoms with Crippen LogP contribution in [-0.4, -0.2) is 27.5 Å². The van der Waals surface area contributed by atoms with Gasteiger partial charge in [-0.05, 0) is 19.1 Å². The van der Waals surface area contributed by atoms with E-state index in [0.717, 1.165) is 0 Å². The van der Waals surface area contributed by atoms with Crippen molar-refractivity contribution in [3.63, 3.8) is 0 Å². The third-order valence-electron chi connectivity index (χ3n) is 2.99. The fraction of sp³-hybridized carbons (Fsp3) is 0.357. The highest BCUT2D eigenvalue weighted by molar-refractivity contribution is 5.20. The summed E-state index contributed by atoms with van der Waals surface area (Å²) in [5.74, 6) is -0.232. The summed E-state index contributed by atoms with van der Waals surface area (Å²) in [6, 6.07) is 8.31. The van der Waals surface area contributed by atoms with Crippen LogP contribution in [0.15, 0.2) is 42.7 Å². The lowest BCUT2D eigenvalue weighted by atomic mass is 10.1. The van der Waals surface area contributed by atoms with Gasteiger partial charge in [0.2, 0.25) is 0 Å². The monoisotopic (exact) mass is 263 g/mol. The van der Waals surface area contributed by atoms with E-state index in [2.05, 4.69) is 10.4 Å². The van der Waals surface area contributed by atoms with Crippen LogP contribution in [0.3, 0.4) is 0 Å². The minimum atomic E-state index is -0.561. The normalized spacial score (nSPS) is 14.3. The molecule has 2 atom stereocenters. The predicted molar refractivity (Wildman–Crippen MR) is 71.1 cm³/mol.